The number of phenols is 1. The Morgan fingerprint density at radius 2 is 1.35 bits per heavy atom. The van der Waals surface area contributed by atoms with Gasteiger partial charge in [0.15, 0.2) is 5.82 Å². The van der Waals surface area contributed by atoms with E-state index in [0.29, 0.717) is 11.4 Å². The molecule has 52 heavy (non-hydrogen) atoms. The van der Waals surface area contributed by atoms with Gasteiger partial charge in [0.1, 0.15) is 19.6 Å². The molecule has 1 aliphatic rings. The highest BCUT2D eigenvalue weighted by Gasteiger charge is 2.42. The number of benzene rings is 4. The lowest BCUT2D eigenvalue weighted by Crippen LogP contribution is -2.50. The van der Waals surface area contributed by atoms with Gasteiger partial charge in [0.05, 0.1) is 22.6 Å². The van der Waals surface area contributed by atoms with Gasteiger partial charge in [-0.3, -0.25) is 4.90 Å². The van der Waals surface area contributed by atoms with Crippen LogP contribution in [0, 0.1) is 20.8 Å². The van der Waals surface area contributed by atoms with Crippen LogP contribution in [0.15, 0.2) is 97.2 Å². The van der Waals surface area contributed by atoms with Gasteiger partial charge in [-0.25, -0.2) is 15.0 Å². The van der Waals surface area contributed by atoms with Gasteiger partial charge in [-0.15, -0.1) is 0 Å². The zero-order chi connectivity index (χ0) is 37.3. The average molecular weight is 703 g/mol. The fourth-order valence-electron chi connectivity index (χ4n) is 7.94. The van der Waals surface area contributed by atoms with Crippen molar-refractivity contribution in [3.05, 3.63) is 125 Å². The lowest BCUT2D eigenvalue weighted by Gasteiger charge is -2.29. The SMILES string of the molecule is Cc1cc(C)c(N(c2cccc(-c3nc(-c4cc(C(C)(C)C)cc(C(C)(C)C)c4O)nc4c3[Si](C)(C)c3ccccc3-4)c2)c2ccccn2)c(C)c1. The molecule has 0 saturated carbocycles. The van der Waals surface area contributed by atoms with Gasteiger partial charge in [0, 0.05) is 23.0 Å². The van der Waals surface area contributed by atoms with Crippen molar-refractivity contribution in [2.24, 2.45) is 0 Å². The second-order valence-corrected chi connectivity index (χ2v) is 21.3. The van der Waals surface area contributed by atoms with Gasteiger partial charge in [-0.05, 0) is 94.6 Å². The molecule has 0 unspecified atom stereocenters. The first kappa shape index (κ1) is 35.3. The van der Waals surface area contributed by atoms with Crippen molar-refractivity contribution in [2.45, 2.75) is 86.2 Å². The maximum atomic E-state index is 12.0. The van der Waals surface area contributed by atoms with E-state index in [1.165, 1.54) is 32.6 Å². The molecule has 264 valence electrons. The maximum Gasteiger partial charge on any atom is 0.164 e. The van der Waals surface area contributed by atoms with Gasteiger partial charge < -0.3 is 5.11 Å². The molecule has 0 aliphatic carbocycles. The normalized spacial score (nSPS) is 13.5. The first-order chi connectivity index (χ1) is 24.5. The number of aromatic hydroxyl groups is 1. The third kappa shape index (κ3) is 6.03. The Bertz CT molecular complexity index is 2330. The van der Waals surface area contributed by atoms with Gasteiger partial charge in [0.25, 0.3) is 0 Å². The van der Waals surface area contributed by atoms with Crippen LogP contribution in [-0.2, 0) is 10.8 Å². The minimum atomic E-state index is -2.24. The lowest BCUT2D eigenvalue weighted by atomic mass is 9.79. The quantitative estimate of drug-likeness (QED) is 0.181. The van der Waals surface area contributed by atoms with E-state index >= 15 is 0 Å². The van der Waals surface area contributed by atoms with Crippen LogP contribution in [0.1, 0.15) is 69.4 Å². The Kier molecular flexibility index (Phi) is 8.53. The summed E-state index contributed by atoms with van der Waals surface area (Å²) in [5.41, 5.74) is 12.1. The summed E-state index contributed by atoms with van der Waals surface area (Å²) in [6.07, 6.45) is 1.85. The predicted molar refractivity (Wildman–Crippen MR) is 221 cm³/mol. The van der Waals surface area contributed by atoms with Crippen LogP contribution in [0.3, 0.4) is 0 Å². The molecular formula is C46H50N4OSi. The molecule has 4 aromatic carbocycles. The van der Waals surface area contributed by atoms with Crippen LogP contribution >= 0.6 is 0 Å². The van der Waals surface area contributed by atoms with Crippen molar-refractivity contribution in [1.29, 1.82) is 0 Å². The van der Waals surface area contributed by atoms with E-state index in [-0.39, 0.29) is 16.6 Å². The highest BCUT2D eigenvalue weighted by molar-refractivity contribution is 7.04. The van der Waals surface area contributed by atoms with Crippen molar-refractivity contribution in [3.8, 4) is 39.7 Å². The number of fused-ring (bicyclic) bond motifs is 3. The second-order valence-electron chi connectivity index (χ2n) is 17.0. The molecule has 0 fully saturated rings. The van der Waals surface area contributed by atoms with Crippen molar-refractivity contribution < 1.29 is 5.11 Å². The first-order valence-corrected chi connectivity index (χ1v) is 21.3. The highest BCUT2D eigenvalue weighted by Crippen LogP contribution is 2.44. The van der Waals surface area contributed by atoms with E-state index in [1.54, 1.807) is 0 Å². The number of rotatable bonds is 5. The number of hydrogen-bond donors (Lipinski definition) is 1. The fourth-order valence-corrected chi connectivity index (χ4v) is 11.2. The van der Waals surface area contributed by atoms with Gasteiger partial charge >= 0.3 is 0 Å². The Morgan fingerprint density at radius 3 is 2.00 bits per heavy atom. The number of hydrogen-bond acceptors (Lipinski definition) is 5. The molecule has 0 spiro atoms. The molecule has 2 aromatic heterocycles. The monoisotopic (exact) mass is 702 g/mol. The predicted octanol–water partition coefficient (Wildman–Crippen LogP) is 10.7. The molecule has 3 heterocycles. The van der Waals surface area contributed by atoms with Crippen molar-refractivity contribution >= 4 is 35.6 Å². The molecule has 1 N–H and O–H groups in total. The summed E-state index contributed by atoms with van der Waals surface area (Å²) in [5.74, 6) is 1.64. The fraction of sp³-hybridized carbons (Fsp3) is 0.283. The summed E-state index contributed by atoms with van der Waals surface area (Å²) in [4.78, 5) is 18.0. The standard InChI is InChI=1S/C46H50N4OSi/c1-28-23-29(2)41(30(3)24-28)50(38-21-14-15-22-47-38)33-18-16-17-31(25-33)39-43-40(34-19-12-13-20-37(34)52(43,10)11)49-44(48-39)35-26-32(45(4,5)6)27-36(42(35)51)46(7,8)9/h12-27,51H,1-11H3. The minimum absolute atomic E-state index is 0.140. The van der Waals surface area contributed by atoms with E-state index < -0.39 is 8.07 Å². The van der Waals surface area contributed by atoms with E-state index in [2.05, 4.69) is 159 Å². The van der Waals surface area contributed by atoms with Crippen LogP contribution < -0.4 is 15.3 Å². The molecule has 0 atom stereocenters. The number of aromatic nitrogens is 3. The molecule has 6 aromatic rings. The number of aryl methyl sites for hydroxylation is 3. The van der Waals surface area contributed by atoms with E-state index in [0.717, 1.165) is 45.3 Å². The van der Waals surface area contributed by atoms with Crippen molar-refractivity contribution in [2.75, 3.05) is 4.90 Å². The smallest absolute Gasteiger partial charge is 0.164 e. The van der Waals surface area contributed by atoms with Crippen molar-refractivity contribution in [1.82, 2.24) is 15.0 Å². The number of nitrogens with zero attached hydrogens (tertiary/aromatic N) is 4. The zero-order valence-corrected chi connectivity index (χ0v) is 33.5. The zero-order valence-electron chi connectivity index (χ0n) is 32.5. The summed E-state index contributed by atoms with van der Waals surface area (Å²) in [7, 11) is -2.24. The highest BCUT2D eigenvalue weighted by atomic mass is 28.3. The van der Waals surface area contributed by atoms with Crippen LogP contribution in [0.4, 0.5) is 17.2 Å². The summed E-state index contributed by atoms with van der Waals surface area (Å²) in [6.45, 7) is 24.4. The van der Waals surface area contributed by atoms with E-state index in [9.17, 15) is 5.11 Å². The molecule has 0 bridgehead atoms. The minimum Gasteiger partial charge on any atom is -0.507 e. The summed E-state index contributed by atoms with van der Waals surface area (Å²) < 4.78 is 0. The topological polar surface area (TPSA) is 62.1 Å². The van der Waals surface area contributed by atoms with E-state index in [4.69, 9.17) is 15.0 Å². The van der Waals surface area contributed by atoms with Crippen LogP contribution in [0.25, 0.3) is 33.9 Å². The molecule has 1 aliphatic heterocycles. The van der Waals surface area contributed by atoms with E-state index in [1.807, 2.05) is 18.3 Å². The third-order valence-corrected chi connectivity index (χ3v) is 14.0. The van der Waals surface area contributed by atoms with Crippen LogP contribution in [0.5, 0.6) is 5.75 Å². The van der Waals surface area contributed by atoms with Crippen LogP contribution in [0.2, 0.25) is 13.1 Å². The Labute approximate surface area is 310 Å². The average Bonchev–Trinajstić information content (AvgIpc) is 3.31. The van der Waals surface area contributed by atoms with Crippen molar-refractivity contribution in [3.63, 3.8) is 0 Å². The molecule has 5 nitrogen and oxygen atoms in total. The Morgan fingerprint density at radius 1 is 0.673 bits per heavy atom. The number of pyridine rings is 1. The Balaban J connectivity index is 1.53. The number of phenolic OH excluding ortho intramolecular Hbond substituents is 1. The molecule has 0 saturated heterocycles. The third-order valence-electron chi connectivity index (χ3n) is 10.5. The maximum absolute atomic E-state index is 12.0. The molecule has 0 radical (unpaired) electrons. The second kappa shape index (κ2) is 12.6. The van der Waals surface area contributed by atoms with Gasteiger partial charge in [0.2, 0.25) is 0 Å². The summed E-state index contributed by atoms with van der Waals surface area (Å²) >= 11 is 0. The summed E-state index contributed by atoms with van der Waals surface area (Å²) in [6, 6.07) is 32.2. The number of anilines is 3. The van der Waals surface area contributed by atoms with Gasteiger partial charge in [-0.2, -0.15) is 0 Å². The molecular weight excluding hydrogens is 653 g/mol. The summed E-state index contributed by atoms with van der Waals surface area (Å²) in [5, 5.41) is 14.6. The van der Waals surface area contributed by atoms with Gasteiger partial charge in [-0.1, -0.05) is 121 Å². The molecule has 7 rings (SSSR count). The van der Waals surface area contributed by atoms with Crippen LogP contribution in [-0.4, -0.2) is 28.1 Å². The largest absolute Gasteiger partial charge is 0.507 e. The molecule has 6 heteroatoms. The Hall–Kier alpha value is -5.07. The first-order valence-electron chi connectivity index (χ1n) is 18.3. The molecule has 0 amide bonds. The lowest BCUT2D eigenvalue weighted by molar-refractivity contribution is 0.446.